The summed E-state index contributed by atoms with van der Waals surface area (Å²) in [7, 11) is 1.39. The molecular weight excluding hydrogens is 148 g/mol. The highest BCUT2D eigenvalue weighted by atomic mass is 16.5. The van der Waals surface area contributed by atoms with E-state index in [9.17, 15) is 4.79 Å². The summed E-state index contributed by atoms with van der Waals surface area (Å²) in [6.45, 7) is 0. The van der Waals surface area contributed by atoms with Gasteiger partial charge in [0.15, 0.2) is 5.82 Å². The lowest BCUT2D eigenvalue weighted by atomic mass is 10.3. The Morgan fingerprint density at radius 3 is 2.73 bits per heavy atom. The number of primary amides is 1. The Morgan fingerprint density at radius 2 is 2.36 bits per heavy atom. The average molecular weight is 156 g/mol. The highest BCUT2D eigenvalue weighted by molar-refractivity contribution is 5.99. The fourth-order valence-electron chi connectivity index (χ4n) is 0.725. The molecule has 1 heterocycles. The number of methoxy groups -OCH3 is 1. The van der Waals surface area contributed by atoms with Crippen molar-refractivity contribution in [3.8, 4) is 5.88 Å². The highest BCUT2D eigenvalue weighted by Crippen LogP contribution is 2.18. The summed E-state index contributed by atoms with van der Waals surface area (Å²) >= 11 is 0. The summed E-state index contributed by atoms with van der Waals surface area (Å²) in [5, 5.41) is 5.94. The van der Waals surface area contributed by atoms with Crippen LogP contribution in [0.1, 0.15) is 10.4 Å². The van der Waals surface area contributed by atoms with Gasteiger partial charge in [0.1, 0.15) is 5.56 Å². The SMILES string of the molecule is COc1[nH]nc(N)c1C(N)=O. The number of nitrogen functional groups attached to an aromatic ring is 1. The van der Waals surface area contributed by atoms with Crippen LogP contribution in [0.3, 0.4) is 0 Å². The van der Waals surface area contributed by atoms with Gasteiger partial charge in [0, 0.05) is 0 Å². The van der Waals surface area contributed by atoms with E-state index in [0.29, 0.717) is 0 Å². The van der Waals surface area contributed by atoms with Gasteiger partial charge in [-0.15, -0.1) is 0 Å². The molecule has 0 saturated carbocycles. The molecule has 60 valence electrons. The number of aromatic nitrogens is 2. The van der Waals surface area contributed by atoms with Crippen molar-refractivity contribution in [1.29, 1.82) is 0 Å². The number of anilines is 1. The molecule has 0 aromatic carbocycles. The number of ether oxygens (including phenoxy) is 1. The van der Waals surface area contributed by atoms with E-state index < -0.39 is 5.91 Å². The maximum atomic E-state index is 10.7. The smallest absolute Gasteiger partial charge is 0.258 e. The Balaban J connectivity index is 3.17. The Morgan fingerprint density at radius 1 is 1.73 bits per heavy atom. The average Bonchev–Trinajstić information content (AvgIpc) is 2.30. The van der Waals surface area contributed by atoms with Crippen LogP contribution in [-0.4, -0.2) is 23.2 Å². The lowest BCUT2D eigenvalue weighted by Crippen LogP contribution is -2.13. The number of H-pyrrole nitrogens is 1. The number of nitrogens with one attached hydrogen (secondary N) is 1. The second-order valence-electron chi connectivity index (χ2n) is 1.88. The van der Waals surface area contributed by atoms with Gasteiger partial charge in [-0.1, -0.05) is 0 Å². The third-order valence-corrected chi connectivity index (χ3v) is 1.21. The number of amides is 1. The number of aromatic amines is 1. The molecule has 11 heavy (non-hydrogen) atoms. The molecule has 0 saturated heterocycles. The van der Waals surface area contributed by atoms with E-state index in [2.05, 4.69) is 10.2 Å². The molecule has 0 unspecified atom stereocenters. The largest absolute Gasteiger partial charge is 0.481 e. The molecule has 0 bridgehead atoms. The molecule has 5 N–H and O–H groups in total. The van der Waals surface area contributed by atoms with E-state index in [1.165, 1.54) is 7.11 Å². The zero-order chi connectivity index (χ0) is 8.43. The zero-order valence-electron chi connectivity index (χ0n) is 5.92. The molecule has 0 aliphatic rings. The summed E-state index contributed by atoms with van der Waals surface area (Å²) in [5.41, 5.74) is 10.4. The van der Waals surface area contributed by atoms with Crippen molar-refractivity contribution < 1.29 is 9.53 Å². The molecule has 1 aromatic rings. The van der Waals surface area contributed by atoms with Crippen molar-refractivity contribution in [2.24, 2.45) is 5.73 Å². The maximum absolute atomic E-state index is 10.7. The standard InChI is InChI=1S/C5H8N4O2/c1-11-5-2(4(7)10)3(6)8-9-5/h1H3,(H2,7,10)(H3,6,8,9). The molecule has 1 rings (SSSR count). The van der Waals surface area contributed by atoms with Crippen LogP contribution >= 0.6 is 0 Å². The third-order valence-electron chi connectivity index (χ3n) is 1.21. The van der Waals surface area contributed by atoms with E-state index in [1.807, 2.05) is 0 Å². The number of nitrogens with zero attached hydrogens (tertiary/aromatic N) is 1. The lowest BCUT2D eigenvalue weighted by Gasteiger charge is -1.95. The van der Waals surface area contributed by atoms with Crippen LogP contribution in [0.2, 0.25) is 0 Å². The molecule has 0 spiro atoms. The van der Waals surface area contributed by atoms with Crippen LogP contribution in [0, 0.1) is 0 Å². The minimum Gasteiger partial charge on any atom is -0.481 e. The molecule has 0 aliphatic heterocycles. The van der Waals surface area contributed by atoms with Gasteiger partial charge in [0.25, 0.3) is 5.91 Å². The summed E-state index contributed by atoms with van der Waals surface area (Å²) in [4.78, 5) is 10.7. The summed E-state index contributed by atoms with van der Waals surface area (Å²) < 4.78 is 4.73. The fraction of sp³-hybridized carbons (Fsp3) is 0.200. The van der Waals surface area contributed by atoms with E-state index in [-0.39, 0.29) is 17.3 Å². The van der Waals surface area contributed by atoms with E-state index in [0.717, 1.165) is 0 Å². The Bertz CT molecular complexity index is 280. The maximum Gasteiger partial charge on any atom is 0.258 e. The number of nitrogens with two attached hydrogens (primary N) is 2. The third kappa shape index (κ3) is 1.09. The van der Waals surface area contributed by atoms with Crippen LogP contribution in [-0.2, 0) is 0 Å². The minimum absolute atomic E-state index is 0.0503. The first-order chi connectivity index (χ1) is 5.16. The number of hydrogen-bond acceptors (Lipinski definition) is 4. The fourth-order valence-corrected chi connectivity index (χ4v) is 0.725. The molecule has 1 aromatic heterocycles. The number of hydrogen-bond donors (Lipinski definition) is 3. The molecule has 6 heteroatoms. The van der Waals surface area contributed by atoms with Gasteiger partial charge in [-0.05, 0) is 0 Å². The Hall–Kier alpha value is -1.72. The van der Waals surface area contributed by atoms with Crippen LogP contribution in [0.15, 0.2) is 0 Å². The van der Waals surface area contributed by atoms with Crippen LogP contribution < -0.4 is 16.2 Å². The van der Waals surface area contributed by atoms with Gasteiger partial charge in [-0.3, -0.25) is 4.79 Å². The first-order valence-electron chi connectivity index (χ1n) is 2.84. The second kappa shape index (κ2) is 2.49. The lowest BCUT2D eigenvalue weighted by molar-refractivity contribution is 0.0998. The highest BCUT2D eigenvalue weighted by Gasteiger charge is 2.15. The first kappa shape index (κ1) is 7.39. The van der Waals surface area contributed by atoms with Gasteiger partial charge < -0.3 is 16.2 Å². The normalized spacial score (nSPS) is 9.55. The van der Waals surface area contributed by atoms with Crippen molar-refractivity contribution in [3.05, 3.63) is 5.56 Å². The van der Waals surface area contributed by atoms with Gasteiger partial charge in [-0.25, -0.2) is 5.10 Å². The van der Waals surface area contributed by atoms with E-state index in [4.69, 9.17) is 16.2 Å². The molecule has 1 amide bonds. The number of rotatable bonds is 2. The number of carbonyl (C=O) groups excluding carboxylic acids is 1. The molecule has 0 fully saturated rings. The summed E-state index contributed by atoms with van der Waals surface area (Å²) in [6.07, 6.45) is 0. The van der Waals surface area contributed by atoms with Crippen LogP contribution in [0.4, 0.5) is 5.82 Å². The molecule has 0 radical (unpaired) electrons. The van der Waals surface area contributed by atoms with Gasteiger partial charge in [0.05, 0.1) is 7.11 Å². The molecule has 0 atom stereocenters. The molecular formula is C5H8N4O2. The summed E-state index contributed by atoms with van der Waals surface area (Å²) in [6, 6.07) is 0. The van der Waals surface area contributed by atoms with Crippen molar-refractivity contribution in [2.75, 3.05) is 12.8 Å². The molecule has 6 nitrogen and oxygen atoms in total. The number of carbonyl (C=O) groups is 1. The molecule has 0 aliphatic carbocycles. The predicted molar refractivity (Wildman–Crippen MR) is 38.1 cm³/mol. The van der Waals surface area contributed by atoms with Crippen molar-refractivity contribution >= 4 is 11.7 Å². The van der Waals surface area contributed by atoms with Gasteiger partial charge >= 0.3 is 0 Å². The quantitative estimate of drug-likeness (QED) is 0.515. The topological polar surface area (TPSA) is 107 Å². The predicted octanol–water partition coefficient (Wildman–Crippen LogP) is -0.901. The first-order valence-corrected chi connectivity index (χ1v) is 2.84. The zero-order valence-corrected chi connectivity index (χ0v) is 5.92. The Kier molecular flexibility index (Phi) is 1.67. The van der Waals surface area contributed by atoms with Gasteiger partial charge in [-0.2, -0.15) is 5.10 Å². The monoisotopic (exact) mass is 156 g/mol. The van der Waals surface area contributed by atoms with Crippen molar-refractivity contribution in [2.45, 2.75) is 0 Å². The van der Waals surface area contributed by atoms with Crippen LogP contribution in [0.5, 0.6) is 5.88 Å². The second-order valence-corrected chi connectivity index (χ2v) is 1.88. The van der Waals surface area contributed by atoms with E-state index in [1.54, 1.807) is 0 Å². The van der Waals surface area contributed by atoms with E-state index >= 15 is 0 Å². The minimum atomic E-state index is -0.659. The van der Waals surface area contributed by atoms with Gasteiger partial charge in [0.2, 0.25) is 5.88 Å². The van der Waals surface area contributed by atoms with Crippen molar-refractivity contribution in [1.82, 2.24) is 10.2 Å². The Labute approximate surface area is 62.5 Å². The van der Waals surface area contributed by atoms with Crippen LogP contribution in [0.25, 0.3) is 0 Å². The van der Waals surface area contributed by atoms with Crippen molar-refractivity contribution in [3.63, 3.8) is 0 Å². The summed E-state index contributed by atoms with van der Waals surface area (Å²) in [5.74, 6) is -0.419.